The Morgan fingerprint density at radius 2 is 2.00 bits per heavy atom. The van der Waals surface area contributed by atoms with Gasteiger partial charge >= 0.3 is 0 Å². The summed E-state index contributed by atoms with van der Waals surface area (Å²) in [7, 11) is 1.48. The first-order valence-electron chi connectivity index (χ1n) is 10.5. The number of benzene rings is 1. The monoisotopic (exact) mass is 469 g/mol. The molecule has 1 aromatic carbocycles. The molecule has 0 unspecified atom stereocenters. The number of aromatic nitrogens is 4. The lowest BCUT2D eigenvalue weighted by Gasteiger charge is -2.36. The largest absolute Gasteiger partial charge is 0.365 e. The Hall–Kier alpha value is -3.50. The number of H-pyrrole nitrogens is 1. The molecule has 4 aromatic rings. The Labute approximate surface area is 192 Å². The van der Waals surface area contributed by atoms with Crippen LogP contribution in [-0.4, -0.2) is 63.6 Å². The molecule has 170 valence electrons. The molecule has 1 fully saturated rings. The van der Waals surface area contributed by atoms with Crippen LogP contribution in [0, 0.1) is 5.95 Å². The summed E-state index contributed by atoms with van der Waals surface area (Å²) in [5.74, 6) is -1.08. The van der Waals surface area contributed by atoms with E-state index in [0.717, 1.165) is 5.56 Å². The maximum Gasteiger partial charge on any atom is 0.274 e. The van der Waals surface area contributed by atoms with Crippen LogP contribution in [0.25, 0.3) is 16.6 Å². The number of hydrogen-bond acceptors (Lipinski definition) is 6. The van der Waals surface area contributed by atoms with E-state index in [9.17, 15) is 14.0 Å². The highest BCUT2D eigenvalue weighted by Gasteiger charge is 2.22. The van der Waals surface area contributed by atoms with Gasteiger partial charge in [-0.25, -0.2) is 9.50 Å². The number of carbonyl (C=O) groups excluding carboxylic acids is 1. The minimum absolute atomic E-state index is 0.0518. The smallest absolute Gasteiger partial charge is 0.274 e. The molecule has 33 heavy (non-hydrogen) atoms. The maximum atomic E-state index is 14.5. The summed E-state index contributed by atoms with van der Waals surface area (Å²) in [5.41, 5.74) is 2.91. The third-order valence-corrected chi connectivity index (χ3v) is 6.15. The highest BCUT2D eigenvalue weighted by atomic mass is 35.5. The van der Waals surface area contributed by atoms with Crippen molar-refractivity contribution in [3.63, 3.8) is 0 Å². The van der Waals surface area contributed by atoms with Gasteiger partial charge in [-0.2, -0.15) is 9.49 Å². The zero-order valence-corrected chi connectivity index (χ0v) is 18.6. The summed E-state index contributed by atoms with van der Waals surface area (Å²) in [4.78, 5) is 34.8. The van der Waals surface area contributed by atoms with Crippen molar-refractivity contribution in [3.8, 4) is 0 Å². The van der Waals surface area contributed by atoms with Gasteiger partial charge in [0.2, 0.25) is 5.95 Å². The Morgan fingerprint density at radius 1 is 1.21 bits per heavy atom. The molecule has 4 heterocycles. The number of nitrogens with one attached hydrogen (secondary N) is 2. The van der Waals surface area contributed by atoms with Crippen LogP contribution < -0.4 is 15.8 Å². The molecule has 2 N–H and O–H groups in total. The van der Waals surface area contributed by atoms with Gasteiger partial charge in [0.25, 0.3) is 11.5 Å². The number of amides is 1. The second kappa shape index (κ2) is 8.45. The van der Waals surface area contributed by atoms with E-state index >= 15 is 0 Å². The van der Waals surface area contributed by atoms with E-state index in [4.69, 9.17) is 11.6 Å². The molecule has 1 saturated heterocycles. The van der Waals surface area contributed by atoms with Crippen LogP contribution in [0.1, 0.15) is 16.1 Å². The summed E-state index contributed by atoms with van der Waals surface area (Å²) in [6, 6.07) is 8.57. The molecule has 1 amide bonds. The van der Waals surface area contributed by atoms with E-state index in [1.54, 1.807) is 22.8 Å². The first-order valence-corrected chi connectivity index (χ1v) is 10.9. The van der Waals surface area contributed by atoms with Crippen LogP contribution in [0.5, 0.6) is 0 Å². The lowest BCUT2D eigenvalue weighted by molar-refractivity contribution is 0.0957. The molecular weight excluding hydrogens is 449 g/mol. The number of piperazine rings is 1. The van der Waals surface area contributed by atoms with Crippen LogP contribution in [0.2, 0.25) is 5.02 Å². The zero-order valence-electron chi connectivity index (χ0n) is 17.8. The predicted octanol–water partition coefficient (Wildman–Crippen LogP) is 2.05. The first kappa shape index (κ1) is 21.4. The standard InChI is InChI=1S/C22H21ClFN7O2/c1-25-21(32)15-2-3-17(20(24)27-15)30-8-6-29(7-9-30)12-13-10-14(23)19-16(11-13)28-22(33)18-4-5-26-31(18)19/h2-5,10-11H,6-9,12H2,1H3,(H,25,32)(H,28,33). The average Bonchev–Trinajstić information content (AvgIpc) is 3.29. The zero-order chi connectivity index (χ0) is 23.1. The van der Waals surface area contributed by atoms with Gasteiger partial charge in [-0.1, -0.05) is 11.6 Å². The van der Waals surface area contributed by atoms with Gasteiger partial charge in [-0.05, 0) is 35.9 Å². The first-order chi connectivity index (χ1) is 15.9. The maximum absolute atomic E-state index is 14.5. The van der Waals surface area contributed by atoms with Gasteiger partial charge < -0.3 is 15.2 Å². The molecule has 0 aliphatic carbocycles. The van der Waals surface area contributed by atoms with E-state index in [-0.39, 0.29) is 11.3 Å². The van der Waals surface area contributed by atoms with Gasteiger partial charge in [0.05, 0.1) is 22.4 Å². The van der Waals surface area contributed by atoms with Gasteiger partial charge in [0.15, 0.2) is 0 Å². The molecule has 1 aliphatic rings. The summed E-state index contributed by atoms with van der Waals surface area (Å²) in [6.45, 7) is 3.29. The van der Waals surface area contributed by atoms with Gasteiger partial charge in [-0.3, -0.25) is 14.5 Å². The van der Waals surface area contributed by atoms with Crippen molar-refractivity contribution < 1.29 is 9.18 Å². The number of fused-ring (bicyclic) bond motifs is 3. The van der Waals surface area contributed by atoms with Gasteiger partial charge in [0, 0.05) is 39.8 Å². The topological polar surface area (TPSA) is 98.6 Å². The Morgan fingerprint density at radius 3 is 2.73 bits per heavy atom. The lowest BCUT2D eigenvalue weighted by atomic mass is 10.1. The fourth-order valence-electron chi connectivity index (χ4n) is 4.22. The van der Waals surface area contributed by atoms with Crippen molar-refractivity contribution in [2.24, 2.45) is 0 Å². The van der Waals surface area contributed by atoms with Gasteiger partial charge in [-0.15, -0.1) is 0 Å². The summed E-state index contributed by atoms with van der Waals surface area (Å²) < 4.78 is 16.0. The van der Waals surface area contributed by atoms with E-state index in [0.29, 0.717) is 60.0 Å². The molecule has 0 atom stereocenters. The molecule has 0 radical (unpaired) electrons. The highest BCUT2D eigenvalue weighted by molar-refractivity contribution is 6.35. The molecule has 1 aliphatic heterocycles. The Bertz CT molecular complexity index is 1430. The minimum Gasteiger partial charge on any atom is -0.365 e. The summed E-state index contributed by atoms with van der Waals surface area (Å²) in [6.07, 6.45) is 1.57. The third kappa shape index (κ3) is 3.91. The number of anilines is 1. The van der Waals surface area contributed by atoms with Crippen LogP contribution in [0.15, 0.2) is 41.3 Å². The molecule has 11 heteroatoms. The molecule has 3 aromatic heterocycles. The van der Waals surface area contributed by atoms with Crippen LogP contribution in [0.4, 0.5) is 10.1 Å². The third-order valence-electron chi connectivity index (χ3n) is 5.87. The number of nitrogens with zero attached hydrogens (tertiary/aromatic N) is 5. The summed E-state index contributed by atoms with van der Waals surface area (Å²) >= 11 is 6.55. The second-order valence-corrected chi connectivity index (χ2v) is 8.31. The number of aromatic amines is 1. The SMILES string of the molecule is CNC(=O)c1ccc(N2CCN(Cc3cc(Cl)c4c(c3)[nH]c(=O)c3ccnn34)CC2)c(F)n1. The minimum atomic E-state index is -0.653. The van der Waals surface area contributed by atoms with Crippen molar-refractivity contribution in [3.05, 3.63) is 69.1 Å². The number of carbonyl (C=O) groups is 1. The molecular formula is C22H21ClFN7O2. The summed E-state index contributed by atoms with van der Waals surface area (Å²) in [5, 5.41) is 7.17. The van der Waals surface area contributed by atoms with Crippen molar-refractivity contribution >= 4 is 39.7 Å². The van der Waals surface area contributed by atoms with Crippen molar-refractivity contribution in [1.29, 1.82) is 0 Å². The fraction of sp³-hybridized carbons (Fsp3) is 0.273. The van der Waals surface area contributed by atoms with Gasteiger partial charge in [0.1, 0.15) is 16.7 Å². The molecule has 0 saturated carbocycles. The van der Waals surface area contributed by atoms with Crippen molar-refractivity contribution in [1.82, 2.24) is 29.8 Å². The number of rotatable bonds is 4. The normalized spacial score (nSPS) is 14.8. The number of pyridine rings is 1. The quantitative estimate of drug-likeness (QED) is 0.444. The van der Waals surface area contributed by atoms with Crippen LogP contribution in [0.3, 0.4) is 0 Å². The fourth-order valence-corrected chi connectivity index (χ4v) is 4.54. The van der Waals surface area contributed by atoms with Crippen LogP contribution in [-0.2, 0) is 6.54 Å². The molecule has 5 rings (SSSR count). The van der Waals surface area contributed by atoms with E-state index in [1.807, 2.05) is 17.0 Å². The Balaban J connectivity index is 1.31. The number of halogens is 2. The average molecular weight is 470 g/mol. The Kier molecular flexibility index (Phi) is 5.47. The van der Waals surface area contributed by atoms with Crippen molar-refractivity contribution in [2.45, 2.75) is 6.54 Å². The lowest BCUT2D eigenvalue weighted by Crippen LogP contribution is -2.46. The van der Waals surface area contributed by atoms with Crippen LogP contribution >= 0.6 is 11.6 Å². The van der Waals surface area contributed by atoms with E-state index < -0.39 is 11.9 Å². The predicted molar refractivity (Wildman–Crippen MR) is 123 cm³/mol. The second-order valence-electron chi connectivity index (χ2n) is 7.90. The molecule has 0 spiro atoms. The molecule has 9 nitrogen and oxygen atoms in total. The molecule has 0 bridgehead atoms. The van der Waals surface area contributed by atoms with E-state index in [1.165, 1.54) is 13.1 Å². The van der Waals surface area contributed by atoms with E-state index in [2.05, 4.69) is 25.3 Å². The van der Waals surface area contributed by atoms with Crippen molar-refractivity contribution in [2.75, 3.05) is 38.1 Å². The number of hydrogen-bond donors (Lipinski definition) is 2. The highest BCUT2D eigenvalue weighted by Crippen LogP contribution is 2.25.